The van der Waals surface area contributed by atoms with Gasteiger partial charge in [0.2, 0.25) is 0 Å². The average Bonchev–Trinajstić information content (AvgIpc) is 3.07. The van der Waals surface area contributed by atoms with Crippen molar-refractivity contribution in [1.82, 2.24) is 19.5 Å². The third kappa shape index (κ3) is 5.94. The molecule has 7 nitrogen and oxygen atoms in total. The maximum absolute atomic E-state index is 12.0. The number of imidazole rings is 1. The van der Waals surface area contributed by atoms with E-state index < -0.39 is 5.60 Å². The van der Waals surface area contributed by atoms with E-state index in [1.54, 1.807) is 6.20 Å². The minimum atomic E-state index is -0.483. The quantitative estimate of drug-likeness (QED) is 0.362. The molecular weight excluding hydrogens is 416 g/mol. The second-order valence-corrected chi connectivity index (χ2v) is 8.93. The van der Waals surface area contributed by atoms with Crippen molar-refractivity contribution >= 4 is 17.1 Å². The van der Waals surface area contributed by atoms with Gasteiger partial charge in [-0.2, -0.15) is 4.98 Å². The van der Waals surface area contributed by atoms with E-state index in [9.17, 15) is 4.79 Å². The number of esters is 1. The summed E-state index contributed by atoms with van der Waals surface area (Å²) < 4.78 is 13.4. The Morgan fingerprint density at radius 2 is 1.76 bits per heavy atom. The highest BCUT2D eigenvalue weighted by molar-refractivity contribution is 5.71. The molecule has 0 amide bonds. The van der Waals surface area contributed by atoms with Crippen LogP contribution in [0.15, 0.2) is 60.8 Å². The van der Waals surface area contributed by atoms with Crippen LogP contribution < -0.4 is 4.74 Å². The summed E-state index contributed by atoms with van der Waals surface area (Å²) in [6, 6.07) is 18.0. The lowest BCUT2D eigenvalue weighted by atomic mass is 10.1. The Balaban J connectivity index is 1.49. The molecule has 0 aliphatic heterocycles. The summed E-state index contributed by atoms with van der Waals surface area (Å²) in [5.41, 5.74) is 3.11. The van der Waals surface area contributed by atoms with Crippen LogP contribution >= 0.6 is 0 Å². The van der Waals surface area contributed by atoms with E-state index >= 15 is 0 Å². The number of aryl methyl sites for hydroxylation is 2. The van der Waals surface area contributed by atoms with Crippen molar-refractivity contribution in [3.05, 3.63) is 77.7 Å². The lowest BCUT2D eigenvalue weighted by Crippen LogP contribution is -2.24. The summed E-state index contributed by atoms with van der Waals surface area (Å²) in [4.78, 5) is 25.5. The SMILES string of the molecule is Cc1nc2cnc(Oc3cccc(CCC(=O)OC(C)(C)C)c3)nc2n1Cc1ccccc1. The molecule has 0 N–H and O–H groups in total. The first-order valence-corrected chi connectivity index (χ1v) is 11.0. The lowest BCUT2D eigenvalue weighted by Gasteiger charge is -2.19. The predicted molar refractivity (Wildman–Crippen MR) is 126 cm³/mol. The minimum absolute atomic E-state index is 0.218. The Morgan fingerprint density at radius 1 is 1.00 bits per heavy atom. The van der Waals surface area contributed by atoms with Gasteiger partial charge in [-0.15, -0.1) is 0 Å². The Kier molecular flexibility index (Phi) is 6.40. The largest absolute Gasteiger partial charge is 0.460 e. The molecule has 0 radical (unpaired) electrons. The summed E-state index contributed by atoms with van der Waals surface area (Å²) in [5, 5.41) is 0. The van der Waals surface area contributed by atoms with Gasteiger partial charge in [0.05, 0.1) is 12.7 Å². The van der Waals surface area contributed by atoms with Gasteiger partial charge in [-0.05, 0) is 57.4 Å². The molecule has 0 atom stereocenters. The van der Waals surface area contributed by atoms with Crippen LogP contribution in [-0.2, 0) is 22.5 Å². The van der Waals surface area contributed by atoms with E-state index in [-0.39, 0.29) is 12.0 Å². The number of nitrogens with zero attached hydrogens (tertiary/aromatic N) is 4. The number of carbonyl (C=O) groups is 1. The van der Waals surface area contributed by atoms with E-state index in [4.69, 9.17) is 9.47 Å². The zero-order valence-corrected chi connectivity index (χ0v) is 19.4. The number of hydrogen-bond donors (Lipinski definition) is 0. The van der Waals surface area contributed by atoms with Crippen LogP contribution in [0, 0.1) is 6.92 Å². The van der Waals surface area contributed by atoms with E-state index in [0.717, 1.165) is 22.6 Å². The topological polar surface area (TPSA) is 79.1 Å². The smallest absolute Gasteiger partial charge is 0.324 e. The zero-order valence-electron chi connectivity index (χ0n) is 19.4. The molecule has 33 heavy (non-hydrogen) atoms. The van der Waals surface area contributed by atoms with Crippen LogP contribution in [0.3, 0.4) is 0 Å². The summed E-state index contributed by atoms with van der Waals surface area (Å²) in [7, 11) is 0. The summed E-state index contributed by atoms with van der Waals surface area (Å²) >= 11 is 0. The van der Waals surface area contributed by atoms with Crippen LogP contribution in [-0.4, -0.2) is 31.1 Å². The van der Waals surface area contributed by atoms with Crippen molar-refractivity contribution < 1.29 is 14.3 Å². The fraction of sp³-hybridized carbons (Fsp3) is 0.308. The Hall–Kier alpha value is -3.74. The molecule has 0 saturated carbocycles. The van der Waals surface area contributed by atoms with Gasteiger partial charge in [-0.25, -0.2) is 9.97 Å². The van der Waals surface area contributed by atoms with Crippen molar-refractivity contribution in [2.75, 3.05) is 0 Å². The molecule has 0 fully saturated rings. The molecule has 0 aliphatic carbocycles. The van der Waals surface area contributed by atoms with Crippen molar-refractivity contribution in [3.8, 4) is 11.8 Å². The molecule has 2 aromatic carbocycles. The maximum atomic E-state index is 12.0. The van der Waals surface area contributed by atoms with Crippen molar-refractivity contribution in [2.45, 2.75) is 52.7 Å². The molecule has 170 valence electrons. The molecule has 0 bridgehead atoms. The predicted octanol–water partition coefficient (Wildman–Crippen LogP) is 5.25. The van der Waals surface area contributed by atoms with Gasteiger partial charge in [0.25, 0.3) is 0 Å². The van der Waals surface area contributed by atoms with Crippen LogP contribution in [0.1, 0.15) is 44.1 Å². The number of fused-ring (bicyclic) bond motifs is 1. The first-order valence-electron chi connectivity index (χ1n) is 11.0. The standard InChI is InChI=1S/C26H28N4O3/c1-18-28-22-16-27-25(29-24(22)30(18)17-20-9-6-5-7-10-20)32-21-12-8-11-19(15-21)13-14-23(31)33-26(2,3)4/h5-12,15-16H,13-14,17H2,1-4H3. The lowest BCUT2D eigenvalue weighted by molar-refractivity contribution is -0.154. The number of carbonyl (C=O) groups excluding carboxylic acids is 1. The monoisotopic (exact) mass is 444 g/mol. The number of benzene rings is 2. The van der Waals surface area contributed by atoms with Crippen LogP contribution in [0.25, 0.3) is 11.2 Å². The maximum Gasteiger partial charge on any atom is 0.324 e. The number of hydrogen-bond acceptors (Lipinski definition) is 6. The van der Waals surface area contributed by atoms with Crippen LogP contribution in [0.2, 0.25) is 0 Å². The van der Waals surface area contributed by atoms with Gasteiger partial charge >= 0.3 is 12.0 Å². The highest BCUT2D eigenvalue weighted by atomic mass is 16.6. The van der Waals surface area contributed by atoms with Gasteiger partial charge in [0.1, 0.15) is 22.7 Å². The van der Waals surface area contributed by atoms with Crippen molar-refractivity contribution in [3.63, 3.8) is 0 Å². The molecule has 4 aromatic rings. The summed E-state index contributed by atoms with van der Waals surface area (Å²) in [5.74, 6) is 1.26. The van der Waals surface area contributed by atoms with Gasteiger partial charge < -0.3 is 14.0 Å². The third-order valence-corrected chi connectivity index (χ3v) is 4.99. The first-order chi connectivity index (χ1) is 15.8. The van der Waals surface area contributed by atoms with Crippen molar-refractivity contribution in [2.24, 2.45) is 0 Å². The van der Waals surface area contributed by atoms with Gasteiger partial charge in [0, 0.05) is 6.42 Å². The van der Waals surface area contributed by atoms with Crippen LogP contribution in [0.5, 0.6) is 11.8 Å². The molecule has 2 aromatic heterocycles. The van der Waals surface area contributed by atoms with E-state index in [1.165, 1.54) is 5.56 Å². The molecule has 0 aliphatic rings. The molecule has 2 heterocycles. The molecule has 7 heteroatoms. The second kappa shape index (κ2) is 9.40. The summed E-state index contributed by atoms with van der Waals surface area (Å²) in [6.07, 6.45) is 2.55. The van der Waals surface area contributed by atoms with E-state index in [1.807, 2.05) is 70.2 Å². The third-order valence-electron chi connectivity index (χ3n) is 4.99. The highest BCUT2D eigenvalue weighted by Gasteiger charge is 2.16. The second-order valence-electron chi connectivity index (χ2n) is 8.93. The fourth-order valence-corrected chi connectivity index (χ4v) is 3.53. The Labute approximate surface area is 193 Å². The molecular formula is C26H28N4O3. The van der Waals surface area contributed by atoms with E-state index in [2.05, 4.69) is 31.7 Å². The number of ether oxygens (including phenoxy) is 2. The van der Waals surface area contributed by atoms with Crippen molar-refractivity contribution in [1.29, 1.82) is 0 Å². The average molecular weight is 445 g/mol. The number of aromatic nitrogens is 4. The first kappa shape index (κ1) is 22.5. The Morgan fingerprint density at radius 3 is 2.52 bits per heavy atom. The molecule has 0 saturated heterocycles. The molecule has 0 unspecified atom stereocenters. The van der Waals surface area contributed by atoms with Gasteiger partial charge in [-0.1, -0.05) is 42.5 Å². The number of rotatable bonds is 7. The Bertz CT molecular complexity index is 1260. The molecule has 4 rings (SSSR count). The normalized spacial score (nSPS) is 11.5. The minimum Gasteiger partial charge on any atom is -0.460 e. The fourth-order valence-electron chi connectivity index (χ4n) is 3.53. The van der Waals surface area contributed by atoms with Gasteiger partial charge in [0.15, 0.2) is 5.65 Å². The molecule has 0 spiro atoms. The summed E-state index contributed by atoms with van der Waals surface area (Å²) in [6.45, 7) is 8.22. The van der Waals surface area contributed by atoms with Crippen LogP contribution in [0.4, 0.5) is 0 Å². The zero-order chi connectivity index (χ0) is 23.4. The van der Waals surface area contributed by atoms with Gasteiger partial charge in [-0.3, -0.25) is 4.79 Å². The van der Waals surface area contributed by atoms with E-state index in [0.29, 0.717) is 25.1 Å². The highest BCUT2D eigenvalue weighted by Crippen LogP contribution is 2.23.